The highest BCUT2D eigenvalue weighted by Gasteiger charge is 1.97. The zero-order chi connectivity index (χ0) is 11.4. The molecule has 2 N–H and O–H groups in total. The van der Waals surface area contributed by atoms with E-state index >= 15 is 0 Å². The van der Waals surface area contributed by atoms with Gasteiger partial charge in [0.2, 0.25) is 0 Å². The number of aryl methyl sites for hydroxylation is 1. The van der Waals surface area contributed by atoms with Gasteiger partial charge in [-0.05, 0) is 35.7 Å². The minimum Gasteiger partial charge on any atom is -0.370 e. The highest BCUT2D eigenvalue weighted by Crippen LogP contribution is 2.07. The minimum atomic E-state index is -0.120. The Morgan fingerprint density at radius 3 is 3.12 bits per heavy atom. The SMILES string of the molecule is Cc1nc(NCCc2ccsc2)cc(=O)[nH]1. The second-order valence-electron chi connectivity index (χ2n) is 3.52. The highest BCUT2D eigenvalue weighted by atomic mass is 32.1. The van der Waals surface area contributed by atoms with Crippen molar-refractivity contribution in [3.05, 3.63) is 44.6 Å². The Labute approximate surface area is 97.4 Å². The molecule has 5 heteroatoms. The first-order valence-electron chi connectivity index (χ1n) is 5.07. The van der Waals surface area contributed by atoms with Crippen molar-refractivity contribution in [1.82, 2.24) is 9.97 Å². The zero-order valence-electron chi connectivity index (χ0n) is 8.99. The van der Waals surface area contributed by atoms with Crippen molar-refractivity contribution in [1.29, 1.82) is 0 Å². The van der Waals surface area contributed by atoms with E-state index in [1.165, 1.54) is 11.6 Å². The van der Waals surface area contributed by atoms with Crippen molar-refractivity contribution < 1.29 is 0 Å². The lowest BCUT2D eigenvalue weighted by Gasteiger charge is -2.04. The maximum atomic E-state index is 11.2. The predicted octanol–water partition coefficient (Wildman–Crippen LogP) is 1.79. The first-order valence-corrected chi connectivity index (χ1v) is 6.01. The number of thiophene rings is 1. The number of aromatic nitrogens is 2. The Morgan fingerprint density at radius 2 is 2.44 bits per heavy atom. The van der Waals surface area contributed by atoms with E-state index in [4.69, 9.17) is 0 Å². The molecular weight excluding hydrogens is 222 g/mol. The van der Waals surface area contributed by atoms with Gasteiger partial charge in [-0.2, -0.15) is 11.3 Å². The van der Waals surface area contributed by atoms with Crippen LogP contribution in [0.4, 0.5) is 5.82 Å². The second-order valence-corrected chi connectivity index (χ2v) is 4.30. The molecule has 84 valence electrons. The number of nitrogens with zero attached hydrogens (tertiary/aromatic N) is 1. The topological polar surface area (TPSA) is 57.8 Å². The Bertz CT molecular complexity index is 504. The van der Waals surface area contributed by atoms with Crippen molar-refractivity contribution in [3.8, 4) is 0 Å². The lowest BCUT2D eigenvalue weighted by Crippen LogP contribution is -2.13. The van der Waals surface area contributed by atoms with Gasteiger partial charge in [-0.1, -0.05) is 0 Å². The summed E-state index contributed by atoms with van der Waals surface area (Å²) >= 11 is 1.69. The van der Waals surface area contributed by atoms with Crippen molar-refractivity contribution >= 4 is 17.2 Å². The molecule has 0 unspecified atom stereocenters. The number of aromatic amines is 1. The van der Waals surface area contributed by atoms with Crippen molar-refractivity contribution in [2.24, 2.45) is 0 Å². The molecule has 4 nitrogen and oxygen atoms in total. The average Bonchev–Trinajstić information content (AvgIpc) is 2.69. The second kappa shape index (κ2) is 4.94. The highest BCUT2D eigenvalue weighted by molar-refractivity contribution is 7.07. The summed E-state index contributed by atoms with van der Waals surface area (Å²) in [5.41, 5.74) is 1.18. The van der Waals surface area contributed by atoms with E-state index in [0.717, 1.165) is 13.0 Å². The van der Waals surface area contributed by atoms with Gasteiger partial charge in [-0.25, -0.2) is 4.98 Å². The molecule has 0 bridgehead atoms. The van der Waals surface area contributed by atoms with E-state index in [1.807, 2.05) is 0 Å². The molecule has 0 spiro atoms. The van der Waals surface area contributed by atoms with Gasteiger partial charge in [0.15, 0.2) is 0 Å². The number of hydrogen-bond acceptors (Lipinski definition) is 4. The fourth-order valence-electron chi connectivity index (χ4n) is 1.44. The molecule has 0 amide bonds. The normalized spacial score (nSPS) is 10.3. The van der Waals surface area contributed by atoms with E-state index in [1.54, 1.807) is 18.3 Å². The van der Waals surface area contributed by atoms with Crippen LogP contribution in [0.1, 0.15) is 11.4 Å². The molecule has 0 aliphatic rings. The Morgan fingerprint density at radius 1 is 1.56 bits per heavy atom. The molecule has 0 aliphatic carbocycles. The molecule has 0 fully saturated rings. The predicted molar refractivity (Wildman–Crippen MR) is 66.1 cm³/mol. The number of hydrogen-bond donors (Lipinski definition) is 2. The molecule has 0 atom stereocenters. The zero-order valence-corrected chi connectivity index (χ0v) is 9.80. The van der Waals surface area contributed by atoms with Crippen LogP contribution in [0.3, 0.4) is 0 Å². The molecule has 0 aromatic carbocycles. The average molecular weight is 235 g/mol. The third kappa shape index (κ3) is 2.93. The summed E-state index contributed by atoms with van der Waals surface area (Å²) < 4.78 is 0. The largest absolute Gasteiger partial charge is 0.370 e. The van der Waals surface area contributed by atoms with Gasteiger partial charge in [-0.3, -0.25) is 4.79 Å². The van der Waals surface area contributed by atoms with E-state index in [0.29, 0.717) is 11.6 Å². The van der Waals surface area contributed by atoms with Crippen LogP contribution in [0.25, 0.3) is 0 Å². The molecule has 0 saturated carbocycles. The summed E-state index contributed by atoms with van der Waals surface area (Å²) in [6.07, 6.45) is 0.941. The van der Waals surface area contributed by atoms with Crippen LogP contribution >= 0.6 is 11.3 Å². The summed E-state index contributed by atoms with van der Waals surface area (Å²) in [6, 6.07) is 3.57. The summed E-state index contributed by atoms with van der Waals surface area (Å²) in [7, 11) is 0. The molecule has 2 heterocycles. The van der Waals surface area contributed by atoms with Gasteiger partial charge in [0.05, 0.1) is 0 Å². The van der Waals surface area contributed by atoms with Gasteiger partial charge in [0, 0.05) is 12.6 Å². The Kier molecular flexibility index (Phi) is 3.36. The van der Waals surface area contributed by atoms with Gasteiger partial charge in [0.25, 0.3) is 5.56 Å². The summed E-state index contributed by atoms with van der Waals surface area (Å²) in [4.78, 5) is 18.0. The van der Waals surface area contributed by atoms with Crippen LogP contribution in [0.2, 0.25) is 0 Å². The molecular formula is C11H13N3OS. The van der Waals surface area contributed by atoms with Crippen molar-refractivity contribution in [2.45, 2.75) is 13.3 Å². The van der Waals surface area contributed by atoms with E-state index in [-0.39, 0.29) is 5.56 Å². The van der Waals surface area contributed by atoms with Crippen LogP contribution in [-0.4, -0.2) is 16.5 Å². The number of nitrogens with one attached hydrogen (secondary N) is 2. The molecule has 0 radical (unpaired) electrons. The van der Waals surface area contributed by atoms with Crippen LogP contribution in [0.15, 0.2) is 27.7 Å². The van der Waals surface area contributed by atoms with Crippen molar-refractivity contribution in [3.63, 3.8) is 0 Å². The summed E-state index contributed by atoms with van der Waals surface area (Å²) in [6.45, 7) is 2.55. The lowest BCUT2D eigenvalue weighted by molar-refractivity contribution is 0.972. The van der Waals surface area contributed by atoms with Crippen LogP contribution in [0.5, 0.6) is 0 Å². The smallest absolute Gasteiger partial charge is 0.252 e. The number of H-pyrrole nitrogens is 1. The monoisotopic (exact) mass is 235 g/mol. The standard InChI is InChI=1S/C11H13N3OS/c1-8-13-10(6-11(15)14-8)12-4-2-9-3-5-16-7-9/h3,5-7H,2,4H2,1H3,(H2,12,13,14,15). The minimum absolute atomic E-state index is 0.120. The van der Waals surface area contributed by atoms with E-state index in [9.17, 15) is 4.79 Å². The van der Waals surface area contributed by atoms with Crippen LogP contribution in [-0.2, 0) is 6.42 Å². The molecule has 2 rings (SSSR count). The Hall–Kier alpha value is -1.62. The van der Waals surface area contributed by atoms with Gasteiger partial charge >= 0.3 is 0 Å². The third-order valence-electron chi connectivity index (χ3n) is 2.16. The lowest BCUT2D eigenvalue weighted by atomic mass is 10.2. The maximum absolute atomic E-state index is 11.2. The van der Waals surface area contributed by atoms with Crippen LogP contribution < -0.4 is 10.9 Å². The molecule has 0 aliphatic heterocycles. The van der Waals surface area contributed by atoms with E-state index in [2.05, 4.69) is 32.1 Å². The molecule has 16 heavy (non-hydrogen) atoms. The fraction of sp³-hybridized carbons (Fsp3) is 0.273. The first kappa shape index (κ1) is 10.9. The summed E-state index contributed by atoms with van der Waals surface area (Å²) in [5, 5.41) is 7.32. The fourth-order valence-corrected chi connectivity index (χ4v) is 2.14. The van der Waals surface area contributed by atoms with Gasteiger partial charge in [-0.15, -0.1) is 0 Å². The molecule has 2 aromatic heterocycles. The van der Waals surface area contributed by atoms with E-state index < -0.39 is 0 Å². The van der Waals surface area contributed by atoms with Gasteiger partial charge < -0.3 is 10.3 Å². The number of anilines is 1. The number of rotatable bonds is 4. The van der Waals surface area contributed by atoms with Gasteiger partial charge in [0.1, 0.15) is 11.6 Å². The molecule has 2 aromatic rings. The molecule has 0 saturated heterocycles. The van der Waals surface area contributed by atoms with Crippen LogP contribution in [0, 0.1) is 6.92 Å². The third-order valence-corrected chi connectivity index (χ3v) is 2.89. The Balaban J connectivity index is 1.92. The quantitative estimate of drug-likeness (QED) is 0.849. The van der Waals surface area contributed by atoms with Crippen molar-refractivity contribution in [2.75, 3.05) is 11.9 Å². The first-order chi connectivity index (χ1) is 7.74. The summed E-state index contributed by atoms with van der Waals surface area (Å²) in [5.74, 6) is 1.27. The maximum Gasteiger partial charge on any atom is 0.252 e.